The minimum atomic E-state index is -4.53. The number of benzene rings is 3. The third-order valence-corrected chi connectivity index (χ3v) is 6.60. The van der Waals surface area contributed by atoms with Gasteiger partial charge in [-0.2, -0.15) is 13.2 Å². The predicted molar refractivity (Wildman–Crippen MR) is 135 cm³/mol. The molecule has 0 spiro atoms. The zero-order valence-corrected chi connectivity index (χ0v) is 20.1. The summed E-state index contributed by atoms with van der Waals surface area (Å²) in [6.07, 6.45) is -2.14. The number of fused-ring (bicyclic) bond motifs is 2. The van der Waals surface area contributed by atoms with E-state index in [1.807, 2.05) is 42.5 Å². The Hall–Kier alpha value is -4.07. The van der Waals surface area contributed by atoms with Crippen molar-refractivity contribution in [2.75, 3.05) is 12.3 Å². The van der Waals surface area contributed by atoms with Crippen molar-refractivity contribution in [3.8, 4) is 16.9 Å². The van der Waals surface area contributed by atoms with Gasteiger partial charge in [0.25, 0.3) is 0 Å². The van der Waals surface area contributed by atoms with Crippen LogP contribution in [0.5, 0.6) is 5.75 Å². The van der Waals surface area contributed by atoms with Gasteiger partial charge in [0.05, 0.1) is 18.6 Å². The van der Waals surface area contributed by atoms with E-state index < -0.39 is 23.8 Å². The summed E-state index contributed by atoms with van der Waals surface area (Å²) in [5.41, 5.74) is 9.47. The van der Waals surface area contributed by atoms with Crippen LogP contribution in [0.1, 0.15) is 41.7 Å². The Balaban J connectivity index is 1.48. The van der Waals surface area contributed by atoms with Gasteiger partial charge in [0.2, 0.25) is 0 Å². The molecule has 0 saturated carbocycles. The number of anilines is 1. The number of carbonyl (C=O) groups is 1. The highest BCUT2D eigenvalue weighted by molar-refractivity contribution is 5.94. The SMILES string of the molecule is CCOC(=O)Cc1ccc(C(F)(F)F)cc1O[C@@H]1CCc2ccc(-c3ccc4ccnc(N)c4c3)cc21. The lowest BCUT2D eigenvalue weighted by molar-refractivity contribution is -0.142. The first kappa shape index (κ1) is 24.6. The molecular formula is C29H25F3N2O3. The van der Waals surface area contributed by atoms with Crippen molar-refractivity contribution in [2.45, 2.75) is 38.5 Å². The molecule has 5 rings (SSSR count). The number of alkyl halides is 3. The molecule has 8 heteroatoms. The fourth-order valence-corrected chi connectivity index (χ4v) is 4.74. The summed E-state index contributed by atoms with van der Waals surface area (Å²) in [6, 6.07) is 17.1. The van der Waals surface area contributed by atoms with E-state index in [1.165, 1.54) is 6.07 Å². The second kappa shape index (κ2) is 9.76. The number of esters is 1. The first-order valence-electron chi connectivity index (χ1n) is 12.0. The summed E-state index contributed by atoms with van der Waals surface area (Å²) in [5, 5.41) is 1.83. The average molecular weight is 507 g/mol. The molecule has 3 aromatic carbocycles. The zero-order chi connectivity index (χ0) is 26.2. The maximum Gasteiger partial charge on any atom is 0.416 e. The smallest absolute Gasteiger partial charge is 0.416 e. The second-order valence-corrected chi connectivity index (χ2v) is 8.99. The molecule has 0 amide bonds. The van der Waals surface area contributed by atoms with Crippen molar-refractivity contribution in [2.24, 2.45) is 0 Å². The Kier molecular flexibility index (Phi) is 6.50. The molecule has 0 radical (unpaired) electrons. The van der Waals surface area contributed by atoms with Gasteiger partial charge in [-0.05, 0) is 77.7 Å². The highest BCUT2D eigenvalue weighted by Crippen LogP contribution is 2.40. The van der Waals surface area contributed by atoms with Gasteiger partial charge in [-0.1, -0.05) is 30.3 Å². The van der Waals surface area contributed by atoms with Crippen molar-refractivity contribution in [3.05, 3.63) is 89.1 Å². The van der Waals surface area contributed by atoms with Gasteiger partial charge < -0.3 is 15.2 Å². The van der Waals surface area contributed by atoms with E-state index in [-0.39, 0.29) is 18.8 Å². The minimum Gasteiger partial charge on any atom is -0.485 e. The molecule has 5 nitrogen and oxygen atoms in total. The molecule has 190 valence electrons. The zero-order valence-electron chi connectivity index (χ0n) is 20.1. The van der Waals surface area contributed by atoms with Gasteiger partial charge in [0.15, 0.2) is 0 Å². The second-order valence-electron chi connectivity index (χ2n) is 8.99. The standard InChI is InChI=1S/C29H25F3N2O3/c1-2-36-27(35)15-21-7-9-22(29(30,31)32)16-26(21)37-25-10-8-17-3-5-19(13-23(17)25)20-6-4-18-11-12-34-28(33)24(18)14-20/h3-7,9,11-14,16,25H,2,8,10,15H2,1H3,(H2,33,34)/t25-/m1/s1. The van der Waals surface area contributed by atoms with E-state index in [1.54, 1.807) is 13.1 Å². The van der Waals surface area contributed by atoms with Crippen molar-refractivity contribution >= 4 is 22.6 Å². The van der Waals surface area contributed by atoms with E-state index in [0.717, 1.165) is 51.6 Å². The molecule has 1 atom stereocenters. The first-order valence-corrected chi connectivity index (χ1v) is 12.0. The van der Waals surface area contributed by atoms with Crippen LogP contribution in [0.2, 0.25) is 0 Å². The number of carbonyl (C=O) groups excluding carboxylic acids is 1. The highest BCUT2D eigenvalue weighted by atomic mass is 19.4. The average Bonchev–Trinajstić information content (AvgIpc) is 3.26. The number of nitrogens with two attached hydrogens (primary N) is 1. The van der Waals surface area contributed by atoms with Crippen LogP contribution in [0, 0.1) is 0 Å². The van der Waals surface area contributed by atoms with E-state index in [2.05, 4.69) is 4.98 Å². The Bertz CT molecular complexity index is 1480. The van der Waals surface area contributed by atoms with E-state index in [0.29, 0.717) is 17.8 Å². The summed E-state index contributed by atoms with van der Waals surface area (Å²) in [5.74, 6) is -0.0395. The summed E-state index contributed by atoms with van der Waals surface area (Å²) in [6.45, 7) is 1.86. The molecule has 0 saturated heterocycles. The number of nitrogen functional groups attached to an aromatic ring is 1. The quantitative estimate of drug-likeness (QED) is 0.296. The Morgan fingerprint density at radius 3 is 2.62 bits per heavy atom. The van der Waals surface area contributed by atoms with Crippen LogP contribution in [0.25, 0.3) is 21.9 Å². The molecule has 0 unspecified atom stereocenters. The molecular weight excluding hydrogens is 481 g/mol. The number of aromatic nitrogens is 1. The molecule has 4 aromatic rings. The van der Waals surface area contributed by atoms with E-state index in [9.17, 15) is 18.0 Å². The number of hydrogen-bond donors (Lipinski definition) is 1. The Labute approximate surface area is 212 Å². The lowest BCUT2D eigenvalue weighted by atomic mass is 9.98. The molecule has 1 aliphatic carbocycles. The van der Waals surface area contributed by atoms with E-state index >= 15 is 0 Å². The number of rotatable bonds is 6. The molecule has 2 N–H and O–H groups in total. The summed E-state index contributed by atoms with van der Waals surface area (Å²) in [4.78, 5) is 16.3. The summed E-state index contributed by atoms with van der Waals surface area (Å²) >= 11 is 0. The van der Waals surface area contributed by atoms with Crippen molar-refractivity contribution in [1.29, 1.82) is 0 Å². The largest absolute Gasteiger partial charge is 0.485 e. The number of ether oxygens (including phenoxy) is 2. The fourth-order valence-electron chi connectivity index (χ4n) is 4.74. The number of nitrogens with zero attached hydrogens (tertiary/aromatic N) is 1. The Morgan fingerprint density at radius 1 is 1.05 bits per heavy atom. The van der Waals surface area contributed by atoms with Gasteiger partial charge in [-0.15, -0.1) is 0 Å². The van der Waals surface area contributed by atoms with Crippen molar-refractivity contribution in [1.82, 2.24) is 4.98 Å². The van der Waals surface area contributed by atoms with Gasteiger partial charge >= 0.3 is 12.1 Å². The minimum absolute atomic E-state index is 0.0377. The van der Waals surface area contributed by atoms with Crippen molar-refractivity contribution in [3.63, 3.8) is 0 Å². The van der Waals surface area contributed by atoms with Crippen LogP contribution in [0.4, 0.5) is 19.0 Å². The number of halogens is 3. The molecule has 1 aliphatic rings. The molecule has 37 heavy (non-hydrogen) atoms. The van der Waals surface area contributed by atoms with Gasteiger partial charge in [-0.25, -0.2) is 4.98 Å². The molecule has 0 bridgehead atoms. The van der Waals surface area contributed by atoms with Crippen LogP contribution < -0.4 is 10.5 Å². The van der Waals surface area contributed by atoms with Crippen LogP contribution in [-0.2, 0) is 28.5 Å². The molecule has 1 heterocycles. The normalized spacial score (nSPS) is 15.0. The fraction of sp³-hybridized carbons (Fsp3) is 0.241. The Morgan fingerprint density at radius 2 is 1.84 bits per heavy atom. The lowest BCUT2D eigenvalue weighted by Crippen LogP contribution is -2.13. The topological polar surface area (TPSA) is 74.4 Å². The maximum atomic E-state index is 13.5. The van der Waals surface area contributed by atoms with Crippen LogP contribution in [-0.4, -0.2) is 17.6 Å². The van der Waals surface area contributed by atoms with E-state index in [4.69, 9.17) is 15.2 Å². The van der Waals surface area contributed by atoms with Crippen LogP contribution in [0.15, 0.2) is 66.9 Å². The van der Waals surface area contributed by atoms with Gasteiger partial charge in [-0.3, -0.25) is 4.79 Å². The van der Waals surface area contributed by atoms with Crippen molar-refractivity contribution < 1.29 is 27.4 Å². The monoisotopic (exact) mass is 506 g/mol. The molecule has 0 aliphatic heterocycles. The third kappa shape index (κ3) is 5.09. The first-order chi connectivity index (χ1) is 17.7. The predicted octanol–water partition coefficient (Wildman–Crippen LogP) is 6.67. The number of pyridine rings is 1. The summed E-state index contributed by atoms with van der Waals surface area (Å²) in [7, 11) is 0. The highest BCUT2D eigenvalue weighted by Gasteiger charge is 2.33. The summed E-state index contributed by atoms with van der Waals surface area (Å²) < 4.78 is 51.6. The number of aryl methyl sites for hydroxylation is 1. The molecule has 1 aromatic heterocycles. The van der Waals surface area contributed by atoms with Gasteiger partial charge in [0.1, 0.15) is 17.7 Å². The molecule has 0 fully saturated rings. The van der Waals surface area contributed by atoms with Gasteiger partial charge in [0, 0.05) is 17.1 Å². The van der Waals surface area contributed by atoms with Crippen LogP contribution >= 0.6 is 0 Å². The third-order valence-electron chi connectivity index (χ3n) is 6.60. The lowest BCUT2D eigenvalue weighted by Gasteiger charge is -2.20. The number of hydrogen-bond acceptors (Lipinski definition) is 5. The maximum absolute atomic E-state index is 13.5. The van der Waals surface area contributed by atoms with Crippen LogP contribution in [0.3, 0.4) is 0 Å².